The molecular formula is C35H37ClFN3O4S. The van der Waals surface area contributed by atoms with Crippen molar-refractivity contribution in [3.63, 3.8) is 0 Å². The largest absolute Gasteiger partial charge is 0.352 e. The van der Waals surface area contributed by atoms with E-state index in [9.17, 15) is 22.4 Å². The third kappa shape index (κ3) is 8.71. The highest BCUT2D eigenvalue weighted by atomic mass is 35.5. The van der Waals surface area contributed by atoms with Crippen LogP contribution in [0.15, 0.2) is 108 Å². The summed E-state index contributed by atoms with van der Waals surface area (Å²) < 4.78 is 42.9. The highest BCUT2D eigenvalue weighted by Gasteiger charge is 2.35. The van der Waals surface area contributed by atoms with Crippen molar-refractivity contribution in [1.29, 1.82) is 0 Å². The number of nitrogens with one attached hydrogen (secondary N) is 1. The van der Waals surface area contributed by atoms with E-state index < -0.39 is 34.3 Å². The third-order valence-corrected chi connectivity index (χ3v) is 9.79. The third-order valence-electron chi connectivity index (χ3n) is 7.59. The van der Waals surface area contributed by atoms with Gasteiger partial charge in [0.25, 0.3) is 10.0 Å². The highest BCUT2D eigenvalue weighted by Crippen LogP contribution is 2.29. The summed E-state index contributed by atoms with van der Waals surface area (Å²) >= 11 is 6.42. The summed E-state index contributed by atoms with van der Waals surface area (Å²) in [7, 11) is -4.24. The molecule has 2 atom stereocenters. The van der Waals surface area contributed by atoms with Crippen molar-refractivity contribution in [2.45, 2.75) is 57.1 Å². The monoisotopic (exact) mass is 649 g/mol. The second-order valence-corrected chi connectivity index (χ2v) is 13.2. The lowest BCUT2D eigenvalue weighted by Crippen LogP contribution is -2.54. The van der Waals surface area contributed by atoms with Gasteiger partial charge in [-0.05, 0) is 73.4 Å². The Morgan fingerprint density at radius 3 is 2.11 bits per heavy atom. The number of nitrogens with zero attached hydrogens (tertiary/aromatic N) is 2. The van der Waals surface area contributed by atoms with E-state index in [4.69, 9.17) is 11.6 Å². The van der Waals surface area contributed by atoms with E-state index in [1.807, 2.05) is 44.2 Å². The van der Waals surface area contributed by atoms with E-state index >= 15 is 0 Å². The van der Waals surface area contributed by atoms with E-state index in [0.717, 1.165) is 15.4 Å². The Kier molecular flexibility index (Phi) is 11.4. The quantitative estimate of drug-likeness (QED) is 0.178. The number of hydrogen-bond donors (Lipinski definition) is 1. The van der Waals surface area contributed by atoms with Crippen molar-refractivity contribution in [2.75, 3.05) is 10.8 Å². The summed E-state index contributed by atoms with van der Waals surface area (Å²) in [6, 6.07) is 26.4. The molecule has 4 rings (SSSR count). The minimum absolute atomic E-state index is 0.00469. The van der Waals surface area contributed by atoms with E-state index in [1.54, 1.807) is 49.4 Å². The first-order valence-electron chi connectivity index (χ1n) is 14.7. The zero-order chi connectivity index (χ0) is 32.6. The minimum atomic E-state index is -4.24. The Balaban J connectivity index is 1.81. The molecule has 45 heavy (non-hydrogen) atoms. The second-order valence-electron chi connectivity index (χ2n) is 10.9. The van der Waals surface area contributed by atoms with Gasteiger partial charge >= 0.3 is 0 Å². The summed E-state index contributed by atoms with van der Waals surface area (Å²) in [5.74, 6) is -1.43. The topological polar surface area (TPSA) is 86.8 Å². The zero-order valence-electron chi connectivity index (χ0n) is 25.5. The van der Waals surface area contributed by atoms with Crippen molar-refractivity contribution in [3.05, 3.63) is 131 Å². The van der Waals surface area contributed by atoms with Crippen LogP contribution in [0.4, 0.5) is 10.1 Å². The van der Waals surface area contributed by atoms with Crippen LogP contribution in [0, 0.1) is 12.7 Å². The van der Waals surface area contributed by atoms with E-state index in [2.05, 4.69) is 5.32 Å². The molecule has 0 aliphatic carbocycles. The molecule has 2 amide bonds. The number of halogens is 2. The Bertz CT molecular complexity index is 1700. The van der Waals surface area contributed by atoms with Crippen LogP contribution < -0.4 is 9.62 Å². The molecule has 0 saturated carbocycles. The zero-order valence-corrected chi connectivity index (χ0v) is 27.1. The van der Waals surface area contributed by atoms with Crippen LogP contribution in [0.1, 0.15) is 37.0 Å². The average Bonchev–Trinajstić information content (AvgIpc) is 3.04. The lowest BCUT2D eigenvalue weighted by Gasteiger charge is -2.34. The fourth-order valence-electron chi connectivity index (χ4n) is 4.77. The molecule has 0 bridgehead atoms. The van der Waals surface area contributed by atoms with Gasteiger partial charge in [-0.15, -0.1) is 0 Å². The number of hydrogen-bond acceptors (Lipinski definition) is 4. The predicted octanol–water partition coefficient (Wildman–Crippen LogP) is 6.54. The maximum atomic E-state index is 14.5. The minimum Gasteiger partial charge on any atom is -0.352 e. The lowest BCUT2D eigenvalue weighted by atomic mass is 10.0. The Hall–Kier alpha value is -4.21. The van der Waals surface area contributed by atoms with Crippen molar-refractivity contribution in [1.82, 2.24) is 10.2 Å². The predicted molar refractivity (Wildman–Crippen MR) is 176 cm³/mol. The van der Waals surface area contributed by atoms with Gasteiger partial charge in [0.05, 0.1) is 10.6 Å². The molecule has 4 aromatic rings. The molecule has 0 radical (unpaired) electrons. The second kappa shape index (κ2) is 15.2. The number of sulfonamides is 1. The number of aryl methyl sites for hydroxylation is 1. The van der Waals surface area contributed by atoms with Crippen LogP contribution in [0.5, 0.6) is 0 Å². The molecule has 4 aromatic carbocycles. The average molecular weight is 650 g/mol. The van der Waals surface area contributed by atoms with Gasteiger partial charge in [-0.3, -0.25) is 13.9 Å². The normalized spacial score (nSPS) is 12.6. The molecule has 7 nitrogen and oxygen atoms in total. The van der Waals surface area contributed by atoms with E-state index in [1.165, 1.54) is 35.2 Å². The fraction of sp³-hybridized carbons (Fsp3) is 0.257. The van der Waals surface area contributed by atoms with Gasteiger partial charge in [0, 0.05) is 24.0 Å². The number of anilines is 1. The molecular weight excluding hydrogens is 613 g/mol. The highest BCUT2D eigenvalue weighted by molar-refractivity contribution is 7.92. The number of carbonyl (C=O) groups is 2. The summed E-state index contributed by atoms with van der Waals surface area (Å²) in [5.41, 5.74) is 2.34. The number of benzene rings is 4. The van der Waals surface area contributed by atoms with Crippen molar-refractivity contribution >= 4 is 39.1 Å². The first-order chi connectivity index (χ1) is 21.5. The van der Waals surface area contributed by atoms with Crippen LogP contribution >= 0.6 is 11.6 Å². The lowest BCUT2D eigenvalue weighted by molar-refractivity contribution is -0.140. The van der Waals surface area contributed by atoms with Crippen LogP contribution in [0.3, 0.4) is 0 Å². The molecule has 0 saturated heterocycles. The molecule has 0 fully saturated rings. The maximum absolute atomic E-state index is 14.5. The van der Waals surface area contributed by atoms with Gasteiger partial charge in [-0.1, -0.05) is 85.3 Å². The first kappa shape index (κ1) is 33.7. The van der Waals surface area contributed by atoms with Crippen LogP contribution in [-0.4, -0.2) is 43.8 Å². The standard InChI is InChI=1S/C35H37ClFN3O4S/c1-4-26(3)38-35(42)33(21-27-11-7-5-8-12-27)39(23-28-16-18-29(37)19-17-28)34(41)24-40(30-20-15-25(2)32(36)22-30)45(43,44)31-13-9-6-10-14-31/h5-20,22,26,33H,4,21,23-24H2,1-3H3,(H,38,42)/t26-,33-/m0/s1. The molecule has 1 N–H and O–H groups in total. The van der Waals surface area contributed by atoms with Crippen molar-refractivity contribution in [3.8, 4) is 0 Å². The fourth-order valence-corrected chi connectivity index (χ4v) is 6.37. The molecule has 236 valence electrons. The van der Waals surface area contributed by atoms with Crippen molar-refractivity contribution in [2.24, 2.45) is 0 Å². The number of rotatable bonds is 13. The van der Waals surface area contributed by atoms with Gasteiger partial charge in [0.15, 0.2) is 0 Å². The molecule has 0 heterocycles. The van der Waals surface area contributed by atoms with E-state index in [0.29, 0.717) is 17.0 Å². The number of carbonyl (C=O) groups excluding carboxylic acids is 2. The molecule has 0 spiro atoms. The molecule has 10 heteroatoms. The molecule has 0 aliphatic rings. The van der Waals surface area contributed by atoms with Crippen LogP contribution in [-0.2, 0) is 32.6 Å². The summed E-state index contributed by atoms with van der Waals surface area (Å²) in [6.07, 6.45) is 0.852. The van der Waals surface area contributed by atoms with Gasteiger partial charge in [-0.2, -0.15) is 0 Å². The van der Waals surface area contributed by atoms with E-state index in [-0.39, 0.29) is 35.5 Å². The first-order valence-corrected chi connectivity index (χ1v) is 16.5. The van der Waals surface area contributed by atoms with Gasteiger partial charge in [0.2, 0.25) is 11.8 Å². The summed E-state index contributed by atoms with van der Waals surface area (Å²) in [5, 5.41) is 3.33. The van der Waals surface area contributed by atoms with Crippen LogP contribution in [0.2, 0.25) is 5.02 Å². The smallest absolute Gasteiger partial charge is 0.264 e. The van der Waals surface area contributed by atoms with Gasteiger partial charge in [0.1, 0.15) is 18.4 Å². The van der Waals surface area contributed by atoms with Crippen molar-refractivity contribution < 1.29 is 22.4 Å². The van der Waals surface area contributed by atoms with Gasteiger partial charge in [-0.25, -0.2) is 12.8 Å². The SMILES string of the molecule is CC[C@H](C)NC(=O)[C@H](Cc1ccccc1)N(Cc1ccc(F)cc1)C(=O)CN(c1ccc(C)c(Cl)c1)S(=O)(=O)c1ccccc1. The molecule has 0 unspecified atom stereocenters. The van der Waals surface area contributed by atoms with Crippen LogP contribution in [0.25, 0.3) is 0 Å². The Morgan fingerprint density at radius 2 is 1.51 bits per heavy atom. The Labute approximate surface area is 269 Å². The summed E-state index contributed by atoms with van der Waals surface area (Å²) in [6.45, 7) is 4.94. The van der Waals surface area contributed by atoms with Gasteiger partial charge < -0.3 is 10.2 Å². The molecule has 0 aromatic heterocycles. The maximum Gasteiger partial charge on any atom is 0.264 e. The number of amides is 2. The molecule has 0 aliphatic heterocycles. The summed E-state index contributed by atoms with van der Waals surface area (Å²) in [4.78, 5) is 29.7. The Morgan fingerprint density at radius 1 is 0.889 bits per heavy atom.